The summed E-state index contributed by atoms with van der Waals surface area (Å²) in [4.78, 5) is 28.7. The standard InChI is InChI=1S/C21H20ClF2N3O2/c22-15-4-6-19-13(10-15)7-9-27(19)21(29)25-16-2-1-8-26(12-16)20(28)14-3-5-17(23)18(24)11-14/h3-6,10-11,16H,1-2,7-9,12H2,(H,25,29). The molecule has 1 atom stereocenters. The first-order valence-corrected chi connectivity index (χ1v) is 9.91. The first kappa shape index (κ1) is 19.6. The van der Waals surface area contributed by atoms with Gasteiger partial charge < -0.3 is 10.2 Å². The lowest BCUT2D eigenvalue weighted by Crippen LogP contribution is -2.52. The van der Waals surface area contributed by atoms with E-state index in [-0.39, 0.29) is 23.5 Å². The second-order valence-corrected chi connectivity index (χ2v) is 7.78. The quantitative estimate of drug-likeness (QED) is 0.800. The molecule has 29 heavy (non-hydrogen) atoms. The molecule has 0 bridgehead atoms. The van der Waals surface area contributed by atoms with E-state index in [9.17, 15) is 18.4 Å². The fraction of sp³-hybridized carbons (Fsp3) is 0.333. The maximum Gasteiger partial charge on any atom is 0.322 e. The van der Waals surface area contributed by atoms with Crippen molar-refractivity contribution in [2.45, 2.75) is 25.3 Å². The van der Waals surface area contributed by atoms with E-state index in [2.05, 4.69) is 5.32 Å². The number of amides is 3. The van der Waals surface area contributed by atoms with Gasteiger partial charge in [0.2, 0.25) is 0 Å². The van der Waals surface area contributed by atoms with Gasteiger partial charge in [-0.2, -0.15) is 0 Å². The number of likely N-dealkylation sites (tertiary alicyclic amines) is 1. The Morgan fingerprint density at radius 2 is 1.90 bits per heavy atom. The van der Waals surface area contributed by atoms with Gasteiger partial charge in [0.05, 0.1) is 0 Å². The third-order valence-corrected chi connectivity index (χ3v) is 5.62. The summed E-state index contributed by atoms with van der Waals surface area (Å²) in [5, 5.41) is 3.64. The smallest absolute Gasteiger partial charge is 0.322 e. The van der Waals surface area contributed by atoms with Crippen LogP contribution in [0.3, 0.4) is 0 Å². The first-order chi connectivity index (χ1) is 13.9. The van der Waals surface area contributed by atoms with Gasteiger partial charge in [-0.05, 0) is 61.2 Å². The Morgan fingerprint density at radius 3 is 2.69 bits per heavy atom. The number of carbonyl (C=O) groups excluding carboxylic acids is 2. The molecule has 0 radical (unpaired) electrons. The van der Waals surface area contributed by atoms with Crippen LogP contribution in [0, 0.1) is 11.6 Å². The van der Waals surface area contributed by atoms with Gasteiger partial charge in [-0.3, -0.25) is 9.69 Å². The van der Waals surface area contributed by atoms with Gasteiger partial charge >= 0.3 is 6.03 Å². The Balaban J connectivity index is 1.41. The van der Waals surface area contributed by atoms with Crippen LogP contribution in [0.4, 0.5) is 19.3 Å². The normalized spacial score (nSPS) is 18.5. The predicted molar refractivity (Wildman–Crippen MR) is 106 cm³/mol. The van der Waals surface area contributed by atoms with Gasteiger partial charge in [0, 0.05) is 41.9 Å². The van der Waals surface area contributed by atoms with Crippen molar-refractivity contribution in [2.75, 3.05) is 24.5 Å². The second kappa shape index (κ2) is 7.99. The minimum absolute atomic E-state index is 0.0984. The molecule has 0 spiro atoms. The summed E-state index contributed by atoms with van der Waals surface area (Å²) in [7, 11) is 0. The van der Waals surface area contributed by atoms with Gasteiger partial charge in [-0.15, -0.1) is 0 Å². The van der Waals surface area contributed by atoms with E-state index in [1.54, 1.807) is 15.9 Å². The molecule has 0 aliphatic carbocycles. The zero-order valence-electron chi connectivity index (χ0n) is 15.6. The molecule has 2 heterocycles. The number of rotatable bonds is 2. The molecular weight excluding hydrogens is 400 g/mol. The van der Waals surface area contributed by atoms with Crippen LogP contribution in [0.25, 0.3) is 0 Å². The summed E-state index contributed by atoms with van der Waals surface area (Å²) < 4.78 is 26.6. The number of carbonyl (C=O) groups is 2. The van der Waals surface area contributed by atoms with E-state index >= 15 is 0 Å². The van der Waals surface area contributed by atoms with Gasteiger partial charge in [0.1, 0.15) is 0 Å². The molecule has 1 N–H and O–H groups in total. The number of urea groups is 1. The zero-order valence-corrected chi connectivity index (χ0v) is 16.4. The number of benzene rings is 2. The van der Waals surface area contributed by atoms with Crippen molar-refractivity contribution in [3.8, 4) is 0 Å². The fourth-order valence-electron chi connectivity index (χ4n) is 3.92. The molecule has 3 amide bonds. The summed E-state index contributed by atoms with van der Waals surface area (Å²) in [6.07, 6.45) is 2.20. The summed E-state index contributed by atoms with van der Waals surface area (Å²) in [6, 6.07) is 8.18. The largest absolute Gasteiger partial charge is 0.337 e. The van der Waals surface area contributed by atoms with Crippen LogP contribution in [0.15, 0.2) is 36.4 Å². The van der Waals surface area contributed by atoms with Crippen molar-refractivity contribution in [2.24, 2.45) is 0 Å². The number of nitrogens with one attached hydrogen (secondary N) is 1. The molecule has 0 saturated carbocycles. The van der Waals surface area contributed by atoms with Crippen molar-refractivity contribution < 1.29 is 18.4 Å². The minimum Gasteiger partial charge on any atom is -0.337 e. The van der Waals surface area contributed by atoms with Crippen LogP contribution in [-0.4, -0.2) is 42.5 Å². The Hall–Kier alpha value is -2.67. The molecule has 152 valence electrons. The van der Waals surface area contributed by atoms with Crippen molar-refractivity contribution >= 4 is 29.2 Å². The molecule has 2 aliphatic heterocycles. The highest BCUT2D eigenvalue weighted by Gasteiger charge is 2.30. The molecular formula is C21H20ClF2N3O2. The Kier molecular flexibility index (Phi) is 5.41. The third-order valence-electron chi connectivity index (χ3n) is 5.38. The minimum atomic E-state index is -1.05. The molecule has 2 aliphatic rings. The predicted octanol–water partition coefficient (Wildman–Crippen LogP) is 4.00. The van der Waals surface area contributed by atoms with Crippen molar-refractivity contribution in [1.29, 1.82) is 0 Å². The average molecular weight is 420 g/mol. The van der Waals surface area contributed by atoms with E-state index in [1.807, 2.05) is 12.1 Å². The lowest BCUT2D eigenvalue weighted by molar-refractivity contribution is 0.0697. The van der Waals surface area contributed by atoms with Crippen LogP contribution >= 0.6 is 11.6 Å². The molecule has 5 nitrogen and oxygen atoms in total. The van der Waals surface area contributed by atoms with Gasteiger partial charge in [-0.1, -0.05) is 11.6 Å². The van der Waals surface area contributed by atoms with E-state index in [0.29, 0.717) is 31.1 Å². The molecule has 8 heteroatoms. The number of hydrogen-bond acceptors (Lipinski definition) is 2. The van der Waals surface area contributed by atoms with Gasteiger partial charge in [0.15, 0.2) is 11.6 Å². The fourth-order valence-corrected chi connectivity index (χ4v) is 4.12. The second-order valence-electron chi connectivity index (χ2n) is 7.34. The molecule has 2 aromatic carbocycles. The summed E-state index contributed by atoms with van der Waals surface area (Å²) >= 11 is 6.02. The number of anilines is 1. The molecule has 1 fully saturated rings. The monoisotopic (exact) mass is 419 g/mol. The van der Waals surface area contributed by atoms with Gasteiger partial charge in [-0.25, -0.2) is 13.6 Å². The van der Waals surface area contributed by atoms with Crippen LogP contribution in [0.1, 0.15) is 28.8 Å². The molecule has 2 aromatic rings. The Bertz CT molecular complexity index is 969. The van der Waals surface area contributed by atoms with Crippen LogP contribution in [0.2, 0.25) is 5.02 Å². The number of piperidine rings is 1. The van der Waals surface area contributed by atoms with Crippen molar-refractivity contribution in [3.05, 3.63) is 64.2 Å². The topological polar surface area (TPSA) is 52.7 Å². The zero-order chi connectivity index (χ0) is 20.5. The van der Waals surface area contributed by atoms with Crippen LogP contribution < -0.4 is 10.2 Å². The highest BCUT2D eigenvalue weighted by Crippen LogP contribution is 2.30. The summed E-state index contributed by atoms with van der Waals surface area (Å²) in [5.74, 6) is -2.41. The third kappa shape index (κ3) is 4.05. The molecule has 4 rings (SSSR count). The Morgan fingerprint density at radius 1 is 1.07 bits per heavy atom. The number of fused-ring (bicyclic) bond motifs is 1. The van der Waals surface area contributed by atoms with Gasteiger partial charge in [0.25, 0.3) is 5.91 Å². The average Bonchev–Trinajstić information content (AvgIpc) is 3.13. The maximum absolute atomic E-state index is 13.5. The summed E-state index contributed by atoms with van der Waals surface area (Å²) in [6.45, 7) is 1.41. The Labute approximate surface area is 172 Å². The molecule has 1 unspecified atom stereocenters. The van der Waals surface area contributed by atoms with E-state index < -0.39 is 11.6 Å². The van der Waals surface area contributed by atoms with Crippen LogP contribution in [0.5, 0.6) is 0 Å². The van der Waals surface area contributed by atoms with Crippen molar-refractivity contribution in [3.63, 3.8) is 0 Å². The molecule has 0 aromatic heterocycles. The van der Waals surface area contributed by atoms with E-state index in [0.717, 1.165) is 36.2 Å². The summed E-state index contributed by atoms with van der Waals surface area (Å²) in [5.41, 5.74) is 1.98. The molecule has 1 saturated heterocycles. The van der Waals surface area contributed by atoms with E-state index in [1.165, 1.54) is 6.07 Å². The number of hydrogen-bond donors (Lipinski definition) is 1. The highest BCUT2D eigenvalue weighted by atomic mass is 35.5. The lowest BCUT2D eigenvalue weighted by Gasteiger charge is -2.34. The lowest BCUT2D eigenvalue weighted by atomic mass is 10.0. The number of nitrogens with zero attached hydrogens (tertiary/aromatic N) is 2. The maximum atomic E-state index is 13.5. The number of halogens is 3. The SMILES string of the molecule is O=C(c1ccc(F)c(F)c1)N1CCCC(NC(=O)N2CCc3cc(Cl)ccc32)C1. The first-order valence-electron chi connectivity index (χ1n) is 9.53. The van der Waals surface area contributed by atoms with Crippen LogP contribution in [-0.2, 0) is 6.42 Å². The highest BCUT2D eigenvalue weighted by molar-refractivity contribution is 6.30. The van der Waals surface area contributed by atoms with E-state index in [4.69, 9.17) is 11.6 Å². The van der Waals surface area contributed by atoms with Crippen molar-refractivity contribution in [1.82, 2.24) is 10.2 Å².